The molecular weight excluding hydrogens is 192 g/mol. The van der Waals surface area contributed by atoms with E-state index in [1.807, 2.05) is 11.9 Å². The van der Waals surface area contributed by atoms with Crippen LogP contribution in [0.4, 0.5) is 4.79 Å². The first kappa shape index (κ1) is 12.3. The van der Waals surface area contributed by atoms with Crippen molar-refractivity contribution < 1.29 is 9.53 Å². The molecule has 0 saturated carbocycles. The Hall–Kier alpha value is -0.770. The standard InChI is InChI=1S/C11H22N2O2/c1-4-5-9-6-10(12-2)8-13(7-9)11(14)15-3/h9-10,12H,4-8H2,1-3H3. The van der Waals surface area contributed by atoms with Gasteiger partial charge in [0.1, 0.15) is 0 Å². The molecule has 1 fully saturated rings. The molecule has 0 aromatic heterocycles. The molecule has 2 unspecified atom stereocenters. The van der Waals surface area contributed by atoms with Crippen LogP contribution in [0, 0.1) is 5.92 Å². The van der Waals surface area contributed by atoms with Crippen LogP contribution in [0.25, 0.3) is 0 Å². The van der Waals surface area contributed by atoms with E-state index in [4.69, 9.17) is 4.74 Å². The number of amides is 1. The molecule has 0 aliphatic carbocycles. The van der Waals surface area contributed by atoms with Crippen molar-refractivity contribution in [3.05, 3.63) is 0 Å². The van der Waals surface area contributed by atoms with Gasteiger partial charge in [-0.1, -0.05) is 13.3 Å². The van der Waals surface area contributed by atoms with Crippen molar-refractivity contribution in [1.29, 1.82) is 0 Å². The molecule has 1 amide bonds. The highest BCUT2D eigenvalue weighted by molar-refractivity contribution is 5.67. The maximum atomic E-state index is 11.5. The maximum absolute atomic E-state index is 11.5. The van der Waals surface area contributed by atoms with Crippen molar-refractivity contribution in [1.82, 2.24) is 10.2 Å². The second-order valence-corrected chi connectivity index (χ2v) is 4.25. The maximum Gasteiger partial charge on any atom is 0.409 e. The third kappa shape index (κ3) is 3.38. The van der Waals surface area contributed by atoms with Crippen molar-refractivity contribution in [2.45, 2.75) is 32.2 Å². The van der Waals surface area contributed by atoms with E-state index in [1.165, 1.54) is 20.0 Å². The van der Waals surface area contributed by atoms with Crippen LogP contribution in [0.2, 0.25) is 0 Å². The zero-order valence-corrected chi connectivity index (χ0v) is 9.95. The van der Waals surface area contributed by atoms with Gasteiger partial charge in [-0.05, 0) is 25.8 Å². The van der Waals surface area contributed by atoms with E-state index in [9.17, 15) is 4.79 Å². The minimum atomic E-state index is -0.198. The highest BCUT2D eigenvalue weighted by atomic mass is 16.5. The van der Waals surface area contributed by atoms with Crippen molar-refractivity contribution in [3.63, 3.8) is 0 Å². The van der Waals surface area contributed by atoms with Crippen LogP contribution in [0.15, 0.2) is 0 Å². The number of piperidine rings is 1. The number of ether oxygens (including phenoxy) is 1. The summed E-state index contributed by atoms with van der Waals surface area (Å²) in [6, 6.07) is 0.411. The van der Waals surface area contributed by atoms with Gasteiger partial charge in [0.05, 0.1) is 7.11 Å². The summed E-state index contributed by atoms with van der Waals surface area (Å²) in [7, 11) is 3.40. The number of methoxy groups -OCH3 is 1. The van der Waals surface area contributed by atoms with E-state index >= 15 is 0 Å². The van der Waals surface area contributed by atoms with Gasteiger partial charge in [0, 0.05) is 19.1 Å². The second kappa shape index (κ2) is 5.95. The summed E-state index contributed by atoms with van der Waals surface area (Å²) in [6.07, 6.45) is 3.33. The lowest BCUT2D eigenvalue weighted by Gasteiger charge is -2.36. The molecule has 2 atom stereocenters. The lowest BCUT2D eigenvalue weighted by molar-refractivity contribution is 0.0903. The highest BCUT2D eigenvalue weighted by Crippen LogP contribution is 2.21. The Morgan fingerprint density at radius 3 is 2.80 bits per heavy atom. The first-order valence-corrected chi connectivity index (χ1v) is 5.71. The number of likely N-dealkylation sites (N-methyl/N-ethyl adjacent to an activating group) is 1. The van der Waals surface area contributed by atoms with Crippen molar-refractivity contribution in [2.24, 2.45) is 5.92 Å². The summed E-state index contributed by atoms with van der Waals surface area (Å²) in [6.45, 7) is 3.80. The molecule has 15 heavy (non-hydrogen) atoms. The Labute approximate surface area is 92.0 Å². The van der Waals surface area contributed by atoms with Gasteiger partial charge in [0.2, 0.25) is 0 Å². The predicted octanol–water partition coefficient (Wildman–Crippen LogP) is 1.46. The Morgan fingerprint density at radius 2 is 2.27 bits per heavy atom. The van der Waals surface area contributed by atoms with E-state index in [0.29, 0.717) is 12.0 Å². The van der Waals surface area contributed by atoms with Crippen LogP contribution in [0.5, 0.6) is 0 Å². The van der Waals surface area contributed by atoms with Gasteiger partial charge in [-0.15, -0.1) is 0 Å². The number of nitrogens with zero attached hydrogens (tertiary/aromatic N) is 1. The van der Waals surface area contributed by atoms with Gasteiger partial charge in [-0.25, -0.2) is 4.79 Å². The van der Waals surface area contributed by atoms with E-state index in [-0.39, 0.29) is 6.09 Å². The van der Waals surface area contributed by atoms with Gasteiger partial charge >= 0.3 is 6.09 Å². The van der Waals surface area contributed by atoms with Gasteiger partial charge in [0.25, 0.3) is 0 Å². The van der Waals surface area contributed by atoms with Gasteiger partial charge in [-0.2, -0.15) is 0 Å². The molecule has 0 radical (unpaired) electrons. The molecule has 1 heterocycles. The second-order valence-electron chi connectivity index (χ2n) is 4.25. The lowest BCUT2D eigenvalue weighted by Crippen LogP contribution is -2.50. The zero-order valence-electron chi connectivity index (χ0n) is 9.95. The zero-order chi connectivity index (χ0) is 11.3. The van der Waals surface area contributed by atoms with Gasteiger partial charge in [-0.3, -0.25) is 0 Å². The molecule has 88 valence electrons. The number of nitrogens with one attached hydrogen (secondary N) is 1. The SMILES string of the molecule is CCCC1CC(NC)CN(C(=O)OC)C1. The largest absolute Gasteiger partial charge is 0.453 e. The first-order valence-electron chi connectivity index (χ1n) is 5.71. The molecular formula is C11H22N2O2. The molecule has 1 aliphatic heterocycles. The molecule has 0 aromatic carbocycles. The van der Waals surface area contributed by atoms with Crippen LogP contribution < -0.4 is 5.32 Å². The first-order chi connectivity index (χ1) is 7.21. The van der Waals surface area contributed by atoms with E-state index in [0.717, 1.165) is 19.5 Å². The Bertz CT molecular complexity index is 209. The number of rotatable bonds is 3. The van der Waals surface area contributed by atoms with Crippen LogP contribution in [0.1, 0.15) is 26.2 Å². The molecule has 1 saturated heterocycles. The summed E-state index contributed by atoms with van der Waals surface area (Å²) in [5.41, 5.74) is 0. The quantitative estimate of drug-likeness (QED) is 0.773. The summed E-state index contributed by atoms with van der Waals surface area (Å²) in [5.74, 6) is 0.611. The molecule has 1 rings (SSSR count). The van der Waals surface area contributed by atoms with Crippen LogP contribution in [-0.4, -0.2) is 44.3 Å². The molecule has 1 N–H and O–H groups in total. The molecule has 1 aliphatic rings. The van der Waals surface area contributed by atoms with Gasteiger partial charge in [0.15, 0.2) is 0 Å². The third-order valence-corrected chi connectivity index (χ3v) is 3.08. The molecule has 4 heteroatoms. The Morgan fingerprint density at radius 1 is 1.53 bits per heavy atom. The fourth-order valence-corrected chi connectivity index (χ4v) is 2.31. The van der Waals surface area contributed by atoms with Crippen molar-refractivity contribution in [2.75, 3.05) is 27.2 Å². The Balaban J connectivity index is 2.54. The molecule has 0 aromatic rings. The number of carbonyl (C=O) groups is 1. The van der Waals surface area contributed by atoms with Crippen LogP contribution in [-0.2, 0) is 4.74 Å². The van der Waals surface area contributed by atoms with E-state index < -0.39 is 0 Å². The number of hydrogen-bond acceptors (Lipinski definition) is 3. The average molecular weight is 214 g/mol. The summed E-state index contributed by atoms with van der Waals surface area (Å²) in [5, 5.41) is 3.25. The summed E-state index contributed by atoms with van der Waals surface area (Å²) >= 11 is 0. The van der Waals surface area contributed by atoms with Crippen molar-refractivity contribution in [3.8, 4) is 0 Å². The molecule has 0 bridgehead atoms. The normalized spacial score (nSPS) is 26.5. The number of likely N-dealkylation sites (tertiary alicyclic amines) is 1. The number of carbonyl (C=O) groups excluding carboxylic acids is 1. The monoisotopic (exact) mass is 214 g/mol. The fraction of sp³-hybridized carbons (Fsp3) is 0.909. The van der Waals surface area contributed by atoms with Crippen LogP contribution in [0.3, 0.4) is 0 Å². The number of hydrogen-bond donors (Lipinski definition) is 1. The van der Waals surface area contributed by atoms with E-state index in [1.54, 1.807) is 0 Å². The van der Waals surface area contributed by atoms with Gasteiger partial charge < -0.3 is 15.0 Å². The van der Waals surface area contributed by atoms with E-state index in [2.05, 4.69) is 12.2 Å². The fourth-order valence-electron chi connectivity index (χ4n) is 2.31. The van der Waals surface area contributed by atoms with Crippen LogP contribution >= 0.6 is 0 Å². The minimum Gasteiger partial charge on any atom is -0.453 e. The summed E-state index contributed by atoms with van der Waals surface area (Å²) < 4.78 is 4.77. The topological polar surface area (TPSA) is 41.6 Å². The average Bonchev–Trinajstić information content (AvgIpc) is 2.28. The summed E-state index contributed by atoms with van der Waals surface area (Å²) in [4.78, 5) is 13.3. The lowest BCUT2D eigenvalue weighted by atomic mass is 9.91. The predicted molar refractivity (Wildman–Crippen MR) is 59.8 cm³/mol. The minimum absolute atomic E-state index is 0.198. The molecule has 4 nitrogen and oxygen atoms in total. The smallest absolute Gasteiger partial charge is 0.409 e. The Kier molecular flexibility index (Phi) is 4.88. The third-order valence-electron chi connectivity index (χ3n) is 3.08. The molecule has 0 spiro atoms. The highest BCUT2D eigenvalue weighted by Gasteiger charge is 2.28. The van der Waals surface area contributed by atoms with Crippen molar-refractivity contribution >= 4 is 6.09 Å².